The summed E-state index contributed by atoms with van der Waals surface area (Å²) < 4.78 is 1.22. The van der Waals surface area contributed by atoms with Gasteiger partial charge in [-0.25, -0.2) is 5.43 Å². The van der Waals surface area contributed by atoms with Crippen molar-refractivity contribution in [3.05, 3.63) is 61.5 Å². The van der Waals surface area contributed by atoms with Crippen molar-refractivity contribution in [3.8, 4) is 5.75 Å². The molecule has 0 bridgehead atoms. The van der Waals surface area contributed by atoms with Crippen molar-refractivity contribution in [2.45, 2.75) is 0 Å². The Morgan fingerprint density at radius 2 is 2.00 bits per heavy atom. The molecule has 6 nitrogen and oxygen atoms in total. The normalized spacial score (nSPS) is 10.7. The maximum atomic E-state index is 11.9. The van der Waals surface area contributed by atoms with Crippen LogP contribution in [0.5, 0.6) is 5.75 Å². The van der Waals surface area contributed by atoms with E-state index in [2.05, 4.69) is 47.7 Å². The molecular formula is C16H12Br2ClN3O3. The number of carbonyl (C=O) groups excluding carboxylic acids is 2. The van der Waals surface area contributed by atoms with E-state index >= 15 is 0 Å². The quantitative estimate of drug-likeness (QED) is 0.444. The van der Waals surface area contributed by atoms with Crippen LogP contribution < -0.4 is 10.7 Å². The number of nitrogens with one attached hydrogen (secondary N) is 2. The Morgan fingerprint density at radius 1 is 1.24 bits per heavy atom. The Hall–Kier alpha value is -1.90. The fourth-order valence-electron chi connectivity index (χ4n) is 1.79. The van der Waals surface area contributed by atoms with Crippen molar-refractivity contribution in [1.29, 1.82) is 0 Å². The van der Waals surface area contributed by atoms with Crippen LogP contribution >= 0.6 is 43.5 Å². The van der Waals surface area contributed by atoms with Gasteiger partial charge in [-0.1, -0.05) is 33.6 Å². The lowest BCUT2D eigenvalue weighted by Gasteiger charge is -2.05. The number of amides is 2. The third-order valence-electron chi connectivity index (χ3n) is 2.95. The smallest absolute Gasteiger partial charge is 0.259 e. The highest BCUT2D eigenvalue weighted by Gasteiger charge is 2.08. The minimum Gasteiger partial charge on any atom is -0.506 e. The first-order valence-electron chi connectivity index (χ1n) is 6.90. The number of hydrogen-bond acceptors (Lipinski definition) is 4. The number of halogens is 3. The first-order chi connectivity index (χ1) is 11.9. The second kappa shape index (κ2) is 8.98. The van der Waals surface area contributed by atoms with Crippen LogP contribution in [-0.4, -0.2) is 29.7 Å². The number of nitrogens with zero attached hydrogens (tertiary/aromatic N) is 1. The van der Waals surface area contributed by atoms with Crippen LogP contribution in [0.15, 0.2) is 50.4 Å². The monoisotopic (exact) mass is 487 g/mol. The average molecular weight is 490 g/mol. The second-order valence-corrected chi connectivity index (χ2v) is 7.02. The van der Waals surface area contributed by atoms with Gasteiger partial charge in [-0.05, 0) is 46.3 Å². The zero-order chi connectivity index (χ0) is 18.4. The Labute approximate surface area is 165 Å². The number of hydrogen-bond donors (Lipinski definition) is 3. The van der Waals surface area contributed by atoms with Gasteiger partial charge in [-0.2, -0.15) is 5.10 Å². The number of phenols is 1. The van der Waals surface area contributed by atoms with Gasteiger partial charge in [0.15, 0.2) is 0 Å². The number of rotatable bonds is 5. The molecular weight excluding hydrogens is 477 g/mol. The van der Waals surface area contributed by atoms with Crippen LogP contribution in [0.25, 0.3) is 0 Å². The molecule has 0 aromatic heterocycles. The van der Waals surface area contributed by atoms with E-state index in [1.54, 1.807) is 30.3 Å². The molecule has 2 aromatic rings. The van der Waals surface area contributed by atoms with Crippen LogP contribution in [0.4, 0.5) is 0 Å². The van der Waals surface area contributed by atoms with Gasteiger partial charge in [0.2, 0.25) is 0 Å². The Bertz CT molecular complexity index is 843. The van der Waals surface area contributed by atoms with Gasteiger partial charge < -0.3 is 10.4 Å². The summed E-state index contributed by atoms with van der Waals surface area (Å²) >= 11 is 12.3. The predicted octanol–water partition coefficient (Wildman–Crippen LogP) is 3.45. The molecule has 0 saturated heterocycles. The highest BCUT2D eigenvalue weighted by atomic mass is 79.9. The molecule has 0 heterocycles. The Kier molecular flexibility index (Phi) is 6.98. The molecule has 0 unspecified atom stereocenters. The zero-order valence-corrected chi connectivity index (χ0v) is 16.5. The van der Waals surface area contributed by atoms with Gasteiger partial charge in [0, 0.05) is 20.6 Å². The van der Waals surface area contributed by atoms with Gasteiger partial charge in [-0.15, -0.1) is 0 Å². The molecule has 3 N–H and O–H groups in total. The number of carbonyl (C=O) groups is 2. The third-order valence-corrected chi connectivity index (χ3v) is 4.24. The molecule has 0 aliphatic heterocycles. The van der Waals surface area contributed by atoms with Crippen LogP contribution in [0.2, 0.25) is 5.02 Å². The molecule has 25 heavy (non-hydrogen) atoms. The molecule has 0 aliphatic carbocycles. The summed E-state index contributed by atoms with van der Waals surface area (Å²) in [4.78, 5) is 23.6. The molecule has 2 rings (SSSR count). The van der Waals surface area contributed by atoms with Crippen molar-refractivity contribution < 1.29 is 14.7 Å². The largest absolute Gasteiger partial charge is 0.506 e. The first-order valence-corrected chi connectivity index (χ1v) is 8.87. The van der Waals surface area contributed by atoms with Crippen molar-refractivity contribution in [3.63, 3.8) is 0 Å². The van der Waals surface area contributed by atoms with Crippen LogP contribution in [0.3, 0.4) is 0 Å². The average Bonchev–Trinajstić information content (AvgIpc) is 2.57. The summed E-state index contributed by atoms with van der Waals surface area (Å²) in [6, 6.07) is 9.69. The van der Waals surface area contributed by atoms with Crippen molar-refractivity contribution in [2.24, 2.45) is 5.10 Å². The van der Waals surface area contributed by atoms with Crippen molar-refractivity contribution in [2.75, 3.05) is 6.54 Å². The SMILES string of the molecule is O=C(CNC(=O)c1cccc(Cl)c1)N/N=C/c1cc(Br)cc(Br)c1O. The second-order valence-electron chi connectivity index (χ2n) is 4.81. The van der Waals surface area contributed by atoms with E-state index < -0.39 is 11.8 Å². The maximum Gasteiger partial charge on any atom is 0.259 e. The molecule has 0 aliphatic rings. The number of hydrazone groups is 1. The fourth-order valence-corrected chi connectivity index (χ4v) is 3.24. The highest BCUT2D eigenvalue weighted by molar-refractivity contribution is 9.11. The minimum absolute atomic E-state index is 0.00421. The van der Waals surface area contributed by atoms with E-state index in [1.807, 2.05) is 0 Å². The molecule has 0 saturated carbocycles. The van der Waals surface area contributed by atoms with Crippen LogP contribution in [-0.2, 0) is 4.79 Å². The van der Waals surface area contributed by atoms with Gasteiger partial charge in [0.25, 0.3) is 11.8 Å². The van der Waals surface area contributed by atoms with Gasteiger partial charge >= 0.3 is 0 Å². The first kappa shape index (κ1) is 19.4. The topological polar surface area (TPSA) is 90.8 Å². The Balaban J connectivity index is 1.88. The fraction of sp³-hybridized carbons (Fsp3) is 0.0625. The summed E-state index contributed by atoms with van der Waals surface area (Å²) in [6.07, 6.45) is 1.29. The van der Waals surface area contributed by atoms with E-state index in [0.717, 1.165) is 4.47 Å². The summed E-state index contributed by atoms with van der Waals surface area (Å²) in [7, 11) is 0. The molecule has 0 radical (unpaired) electrons. The molecule has 130 valence electrons. The van der Waals surface area contributed by atoms with Gasteiger partial charge in [0.1, 0.15) is 5.75 Å². The minimum atomic E-state index is -0.514. The number of benzene rings is 2. The lowest BCUT2D eigenvalue weighted by atomic mass is 10.2. The van der Waals surface area contributed by atoms with Crippen molar-refractivity contribution in [1.82, 2.24) is 10.7 Å². The van der Waals surface area contributed by atoms with E-state index in [9.17, 15) is 14.7 Å². The molecule has 2 aromatic carbocycles. The molecule has 2 amide bonds. The summed E-state index contributed by atoms with van der Waals surface area (Å²) in [5.74, 6) is -0.939. The number of aromatic hydroxyl groups is 1. The van der Waals surface area contributed by atoms with Crippen LogP contribution in [0, 0.1) is 0 Å². The molecule has 0 atom stereocenters. The summed E-state index contributed by atoms with van der Waals surface area (Å²) in [5.41, 5.74) is 3.02. The maximum absolute atomic E-state index is 11.9. The number of phenolic OH excluding ortho intramolecular Hbond substituents is 1. The molecule has 0 fully saturated rings. The highest BCUT2D eigenvalue weighted by Crippen LogP contribution is 2.30. The van der Waals surface area contributed by atoms with Crippen LogP contribution in [0.1, 0.15) is 15.9 Å². The standard InChI is InChI=1S/C16H12Br2ClN3O3/c17-11-4-10(15(24)13(18)6-11)7-21-22-14(23)8-20-16(25)9-2-1-3-12(19)5-9/h1-7,24H,8H2,(H,20,25)(H,22,23)/b21-7+. The predicted molar refractivity (Wildman–Crippen MR) is 103 cm³/mol. The van der Waals surface area contributed by atoms with E-state index in [1.165, 1.54) is 12.3 Å². The summed E-state index contributed by atoms with van der Waals surface area (Å²) in [6.45, 7) is -0.253. The van der Waals surface area contributed by atoms with E-state index in [-0.39, 0.29) is 12.3 Å². The van der Waals surface area contributed by atoms with E-state index in [4.69, 9.17) is 11.6 Å². The van der Waals surface area contributed by atoms with E-state index in [0.29, 0.717) is 20.6 Å². The van der Waals surface area contributed by atoms with Gasteiger partial charge in [-0.3, -0.25) is 9.59 Å². The van der Waals surface area contributed by atoms with Gasteiger partial charge in [0.05, 0.1) is 17.2 Å². The lowest BCUT2D eigenvalue weighted by molar-refractivity contribution is -0.120. The lowest BCUT2D eigenvalue weighted by Crippen LogP contribution is -2.34. The molecule has 0 spiro atoms. The zero-order valence-electron chi connectivity index (χ0n) is 12.6. The van der Waals surface area contributed by atoms with Crippen molar-refractivity contribution >= 4 is 61.5 Å². The Morgan fingerprint density at radius 3 is 2.72 bits per heavy atom. The third kappa shape index (κ3) is 5.84. The summed E-state index contributed by atoms with van der Waals surface area (Å²) in [5, 5.41) is 16.5. The molecule has 9 heteroatoms.